The van der Waals surface area contributed by atoms with Crippen molar-refractivity contribution in [1.29, 1.82) is 0 Å². The van der Waals surface area contributed by atoms with E-state index in [1.54, 1.807) is 19.1 Å². The van der Waals surface area contributed by atoms with E-state index in [1.807, 2.05) is 13.0 Å². The Balaban J connectivity index is 1.75. The molecular weight excluding hydrogens is 372 g/mol. The number of rotatable bonds is 9. The van der Waals surface area contributed by atoms with E-state index in [0.717, 1.165) is 11.1 Å². The minimum atomic E-state index is -3.58. The minimum Gasteiger partial charge on any atom is -0.355 e. The van der Waals surface area contributed by atoms with Gasteiger partial charge in [-0.2, -0.15) is 0 Å². The highest BCUT2D eigenvalue weighted by molar-refractivity contribution is 7.89. The first-order valence-corrected chi connectivity index (χ1v) is 11.1. The van der Waals surface area contributed by atoms with Crippen LogP contribution in [-0.4, -0.2) is 27.4 Å². The lowest BCUT2D eigenvalue weighted by molar-refractivity contribution is -0.121. The van der Waals surface area contributed by atoms with Crippen molar-refractivity contribution >= 4 is 15.9 Å². The smallest absolute Gasteiger partial charge is 0.240 e. The highest BCUT2D eigenvalue weighted by Crippen LogP contribution is 2.16. The molecule has 0 aromatic heterocycles. The first-order valence-electron chi connectivity index (χ1n) is 9.61. The van der Waals surface area contributed by atoms with Gasteiger partial charge in [0.25, 0.3) is 0 Å². The molecule has 0 bridgehead atoms. The number of hydrogen-bond donors (Lipinski definition) is 2. The second-order valence-electron chi connectivity index (χ2n) is 7.41. The van der Waals surface area contributed by atoms with Gasteiger partial charge in [0.05, 0.1) is 4.90 Å². The molecule has 152 valence electrons. The fourth-order valence-corrected chi connectivity index (χ4v) is 4.24. The van der Waals surface area contributed by atoms with Crippen LogP contribution in [0.4, 0.5) is 0 Å². The van der Waals surface area contributed by atoms with Gasteiger partial charge in [-0.3, -0.25) is 4.79 Å². The average Bonchev–Trinajstić information content (AvgIpc) is 2.65. The normalized spacial score (nSPS) is 11.6. The molecule has 0 aliphatic rings. The SMILES string of the molecule is Cc1ccc(C)c(S(=O)(=O)NCCNC(=O)CCc2ccc(C(C)C)cc2)c1. The van der Waals surface area contributed by atoms with E-state index in [4.69, 9.17) is 0 Å². The monoisotopic (exact) mass is 402 g/mol. The molecular formula is C22H30N2O3S. The number of aryl methyl sites for hydroxylation is 3. The Morgan fingerprint density at radius 2 is 1.68 bits per heavy atom. The number of benzene rings is 2. The lowest BCUT2D eigenvalue weighted by Gasteiger charge is -2.11. The molecule has 0 aliphatic heterocycles. The maximum absolute atomic E-state index is 12.4. The maximum atomic E-state index is 12.4. The van der Waals surface area contributed by atoms with E-state index in [2.05, 4.69) is 48.2 Å². The molecule has 2 rings (SSSR count). The standard InChI is InChI=1S/C22H30N2O3S/c1-16(2)20-10-7-19(8-11-20)9-12-22(25)23-13-14-24-28(26,27)21-15-17(3)5-6-18(21)4/h5-8,10-11,15-16,24H,9,12-14H2,1-4H3,(H,23,25). The van der Waals surface area contributed by atoms with Crippen molar-refractivity contribution in [3.63, 3.8) is 0 Å². The Morgan fingerprint density at radius 3 is 2.32 bits per heavy atom. The average molecular weight is 403 g/mol. The van der Waals surface area contributed by atoms with Crippen LogP contribution in [0, 0.1) is 13.8 Å². The molecule has 0 heterocycles. The maximum Gasteiger partial charge on any atom is 0.240 e. The molecule has 6 heteroatoms. The molecule has 0 aliphatic carbocycles. The fourth-order valence-electron chi connectivity index (χ4n) is 2.88. The molecule has 28 heavy (non-hydrogen) atoms. The molecule has 0 unspecified atom stereocenters. The molecule has 2 N–H and O–H groups in total. The first kappa shape index (κ1) is 22.1. The zero-order chi connectivity index (χ0) is 20.7. The van der Waals surface area contributed by atoms with Gasteiger partial charge < -0.3 is 5.32 Å². The van der Waals surface area contributed by atoms with E-state index in [9.17, 15) is 13.2 Å². The van der Waals surface area contributed by atoms with Crippen LogP contribution in [0.2, 0.25) is 0 Å². The minimum absolute atomic E-state index is 0.0844. The third-order valence-electron chi connectivity index (χ3n) is 4.66. The summed E-state index contributed by atoms with van der Waals surface area (Å²) in [6, 6.07) is 13.6. The number of carbonyl (C=O) groups is 1. The summed E-state index contributed by atoms with van der Waals surface area (Å²) in [6.07, 6.45) is 1.04. The molecule has 1 amide bonds. The summed E-state index contributed by atoms with van der Waals surface area (Å²) in [5.74, 6) is 0.406. The zero-order valence-electron chi connectivity index (χ0n) is 17.1. The molecule has 5 nitrogen and oxygen atoms in total. The van der Waals surface area contributed by atoms with Crippen LogP contribution in [0.5, 0.6) is 0 Å². The quantitative estimate of drug-likeness (QED) is 0.631. The molecule has 0 radical (unpaired) electrons. The second-order valence-corrected chi connectivity index (χ2v) is 9.15. The van der Waals surface area contributed by atoms with E-state index in [0.29, 0.717) is 24.3 Å². The lowest BCUT2D eigenvalue weighted by atomic mass is 10.0. The molecule has 2 aromatic rings. The van der Waals surface area contributed by atoms with Crippen LogP contribution in [0.1, 0.15) is 48.4 Å². The largest absolute Gasteiger partial charge is 0.355 e. The van der Waals surface area contributed by atoms with Gasteiger partial charge in [-0.05, 0) is 54.5 Å². The van der Waals surface area contributed by atoms with Crippen LogP contribution < -0.4 is 10.0 Å². The summed E-state index contributed by atoms with van der Waals surface area (Å²) in [5.41, 5.74) is 3.99. The molecule has 0 saturated carbocycles. The van der Waals surface area contributed by atoms with Crippen molar-refractivity contribution in [3.05, 3.63) is 64.7 Å². The zero-order valence-corrected chi connectivity index (χ0v) is 17.9. The topological polar surface area (TPSA) is 75.3 Å². The van der Waals surface area contributed by atoms with Crippen molar-refractivity contribution in [2.24, 2.45) is 0 Å². The number of nitrogens with one attached hydrogen (secondary N) is 2. The predicted molar refractivity (Wildman–Crippen MR) is 113 cm³/mol. The van der Waals surface area contributed by atoms with Gasteiger partial charge >= 0.3 is 0 Å². The Labute approximate surface area is 168 Å². The number of carbonyl (C=O) groups excluding carboxylic acids is 1. The molecule has 2 aromatic carbocycles. The van der Waals surface area contributed by atoms with Crippen molar-refractivity contribution in [2.45, 2.75) is 51.3 Å². The lowest BCUT2D eigenvalue weighted by Crippen LogP contribution is -2.35. The summed E-state index contributed by atoms with van der Waals surface area (Å²) in [5, 5.41) is 2.77. The summed E-state index contributed by atoms with van der Waals surface area (Å²) in [6.45, 7) is 8.34. The van der Waals surface area contributed by atoms with Crippen molar-refractivity contribution in [3.8, 4) is 0 Å². The van der Waals surface area contributed by atoms with Gasteiger partial charge in [-0.15, -0.1) is 0 Å². The molecule has 0 saturated heterocycles. The number of hydrogen-bond acceptors (Lipinski definition) is 3. The predicted octanol–water partition coefficient (Wildman–Crippen LogP) is 3.45. The number of sulfonamides is 1. The van der Waals surface area contributed by atoms with E-state index in [1.165, 1.54) is 5.56 Å². The van der Waals surface area contributed by atoms with Crippen molar-refractivity contribution < 1.29 is 13.2 Å². The van der Waals surface area contributed by atoms with Crippen molar-refractivity contribution in [1.82, 2.24) is 10.0 Å². The Morgan fingerprint density at radius 1 is 1.00 bits per heavy atom. The van der Waals surface area contributed by atoms with Crippen LogP contribution in [0.15, 0.2) is 47.4 Å². The Hall–Kier alpha value is -2.18. The van der Waals surface area contributed by atoms with Crippen molar-refractivity contribution in [2.75, 3.05) is 13.1 Å². The Bertz CT molecular complexity index is 904. The van der Waals surface area contributed by atoms with Gasteiger partial charge in [0.1, 0.15) is 0 Å². The highest BCUT2D eigenvalue weighted by atomic mass is 32.2. The summed E-state index contributed by atoms with van der Waals surface area (Å²) >= 11 is 0. The van der Waals surface area contributed by atoms with Crippen LogP contribution in [-0.2, 0) is 21.2 Å². The van der Waals surface area contributed by atoms with E-state index >= 15 is 0 Å². The molecule has 0 spiro atoms. The highest BCUT2D eigenvalue weighted by Gasteiger charge is 2.16. The number of amides is 1. The summed E-state index contributed by atoms with van der Waals surface area (Å²) in [7, 11) is -3.58. The third-order valence-corrected chi connectivity index (χ3v) is 6.26. The van der Waals surface area contributed by atoms with Crippen LogP contribution in [0.3, 0.4) is 0 Å². The summed E-state index contributed by atoms with van der Waals surface area (Å²) < 4.78 is 27.4. The Kier molecular flexibility index (Phi) is 7.78. The fraction of sp³-hybridized carbons (Fsp3) is 0.409. The van der Waals surface area contributed by atoms with Gasteiger partial charge in [-0.1, -0.05) is 50.2 Å². The van der Waals surface area contributed by atoms with Gasteiger partial charge in [0.15, 0.2) is 0 Å². The second kappa shape index (κ2) is 9.85. The van der Waals surface area contributed by atoms with Gasteiger partial charge in [0, 0.05) is 19.5 Å². The van der Waals surface area contributed by atoms with Gasteiger partial charge in [0.2, 0.25) is 15.9 Å². The van der Waals surface area contributed by atoms with Gasteiger partial charge in [-0.25, -0.2) is 13.1 Å². The van der Waals surface area contributed by atoms with Crippen LogP contribution >= 0.6 is 0 Å². The third kappa shape index (κ3) is 6.46. The summed E-state index contributed by atoms with van der Waals surface area (Å²) in [4.78, 5) is 12.3. The first-order chi connectivity index (χ1) is 13.2. The van der Waals surface area contributed by atoms with E-state index < -0.39 is 10.0 Å². The molecule has 0 fully saturated rings. The van der Waals surface area contributed by atoms with E-state index in [-0.39, 0.29) is 23.9 Å². The van der Waals surface area contributed by atoms with Crippen LogP contribution in [0.25, 0.3) is 0 Å². The molecule has 0 atom stereocenters.